The maximum Gasteiger partial charge on any atom is 0.435 e. The van der Waals surface area contributed by atoms with E-state index in [1.54, 1.807) is 29.2 Å². The summed E-state index contributed by atoms with van der Waals surface area (Å²) in [6.07, 6.45) is -0.857. The van der Waals surface area contributed by atoms with Gasteiger partial charge in [0.15, 0.2) is 11.5 Å². The number of aromatic nitrogens is 4. The maximum atomic E-state index is 13.1. The number of rotatable bonds is 5. The van der Waals surface area contributed by atoms with Crippen LogP contribution in [-0.2, 0) is 16.4 Å². The first-order chi connectivity index (χ1) is 19.7. The number of hydrogen-bond acceptors (Lipinski definition) is 7. The molecular weight excluding hydrogens is 553 g/mol. The van der Waals surface area contributed by atoms with E-state index in [-0.39, 0.29) is 17.1 Å². The van der Waals surface area contributed by atoms with Crippen LogP contribution >= 0.6 is 11.5 Å². The van der Waals surface area contributed by atoms with Crippen LogP contribution in [0.2, 0.25) is 0 Å². The van der Waals surface area contributed by atoms with Crippen molar-refractivity contribution in [3.8, 4) is 5.69 Å². The molecule has 41 heavy (non-hydrogen) atoms. The predicted octanol–water partition coefficient (Wildman–Crippen LogP) is 5.13. The lowest BCUT2D eigenvalue weighted by Crippen LogP contribution is -2.48. The summed E-state index contributed by atoms with van der Waals surface area (Å²) in [5, 5.41) is 4.38. The molecule has 8 nitrogen and oxygen atoms in total. The van der Waals surface area contributed by atoms with Crippen molar-refractivity contribution < 1.29 is 22.8 Å². The van der Waals surface area contributed by atoms with E-state index in [1.165, 1.54) is 17.7 Å². The maximum absolute atomic E-state index is 13.1. The third kappa shape index (κ3) is 5.35. The van der Waals surface area contributed by atoms with Gasteiger partial charge < -0.3 is 9.80 Å². The number of alkyl halides is 3. The summed E-state index contributed by atoms with van der Waals surface area (Å²) in [5.41, 5.74) is 0.678. The number of anilines is 1. The summed E-state index contributed by atoms with van der Waals surface area (Å²) in [6, 6.07) is 17.5. The third-order valence-corrected chi connectivity index (χ3v) is 8.70. The minimum Gasteiger partial charge on any atom is -0.343 e. The third-order valence-electron chi connectivity index (χ3n) is 7.93. The molecule has 0 unspecified atom stereocenters. The van der Waals surface area contributed by atoms with Gasteiger partial charge in [0.05, 0.1) is 11.1 Å². The zero-order valence-electron chi connectivity index (χ0n) is 22.0. The Balaban J connectivity index is 1.11. The zero-order chi connectivity index (χ0) is 28.6. The van der Waals surface area contributed by atoms with Crippen LogP contribution in [0, 0.1) is 0 Å². The Kier molecular flexibility index (Phi) is 7.10. The van der Waals surface area contributed by atoms with Gasteiger partial charge in [-0.1, -0.05) is 30.3 Å². The molecule has 0 spiro atoms. The number of halogens is 3. The molecule has 212 valence electrons. The summed E-state index contributed by atoms with van der Waals surface area (Å²) < 4.78 is 44.5. The number of benzene rings is 2. The minimum absolute atomic E-state index is 0.138. The van der Waals surface area contributed by atoms with Crippen LogP contribution in [0.4, 0.5) is 18.3 Å². The van der Waals surface area contributed by atoms with Crippen molar-refractivity contribution in [2.24, 2.45) is 0 Å². The lowest BCUT2D eigenvalue weighted by molar-refractivity contribution is -0.141. The summed E-state index contributed by atoms with van der Waals surface area (Å²) in [5.74, 6) is 0.897. The average Bonchev–Trinajstić information content (AvgIpc) is 3.70. The largest absolute Gasteiger partial charge is 0.435 e. The van der Waals surface area contributed by atoms with E-state index >= 15 is 0 Å². The van der Waals surface area contributed by atoms with Crippen LogP contribution in [0.15, 0.2) is 66.9 Å². The van der Waals surface area contributed by atoms with Crippen molar-refractivity contribution >= 4 is 28.4 Å². The standard InChI is InChI=1S/C29H27F3N6O2S/c30-29(31,32)24-12-15-38(34-24)22-8-6-20(7-9-22)25(40)36-16-18-37(19-17-36)27-33-26(35-41-27)28(13-10-23(39)11-14-28)21-4-2-1-3-5-21/h1-9,12,15H,10-11,13-14,16-19H2. The van der Waals surface area contributed by atoms with Gasteiger partial charge in [0, 0.05) is 62.3 Å². The Hall–Kier alpha value is -4.06. The van der Waals surface area contributed by atoms with Crippen LogP contribution in [-0.4, -0.2) is 61.9 Å². The Bertz CT molecular complexity index is 1530. The molecule has 4 aromatic rings. The van der Waals surface area contributed by atoms with E-state index in [1.807, 2.05) is 18.2 Å². The number of hydrogen-bond donors (Lipinski definition) is 0. The van der Waals surface area contributed by atoms with Crippen molar-refractivity contribution in [1.29, 1.82) is 0 Å². The Morgan fingerprint density at radius 3 is 2.22 bits per heavy atom. The van der Waals surface area contributed by atoms with Gasteiger partial charge in [-0.25, -0.2) is 9.67 Å². The summed E-state index contributed by atoms with van der Waals surface area (Å²) in [7, 11) is 0. The van der Waals surface area contributed by atoms with Crippen molar-refractivity contribution in [1.82, 2.24) is 24.0 Å². The number of carbonyl (C=O) groups excluding carboxylic acids is 2. The van der Waals surface area contributed by atoms with Crippen molar-refractivity contribution in [2.75, 3.05) is 31.1 Å². The van der Waals surface area contributed by atoms with Gasteiger partial charge in [0.2, 0.25) is 5.13 Å². The molecular formula is C29H27F3N6O2S. The molecule has 2 aromatic carbocycles. The summed E-state index contributed by atoms with van der Waals surface area (Å²) >= 11 is 1.35. The lowest BCUT2D eigenvalue weighted by Gasteiger charge is -2.35. The van der Waals surface area contributed by atoms with Gasteiger partial charge in [-0.3, -0.25) is 9.59 Å². The highest BCUT2D eigenvalue weighted by Gasteiger charge is 2.42. The van der Waals surface area contributed by atoms with Gasteiger partial charge in [0.25, 0.3) is 5.91 Å². The van der Waals surface area contributed by atoms with E-state index in [0.29, 0.717) is 63.1 Å². The van der Waals surface area contributed by atoms with Gasteiger partial charge in [-0.15, -0.1) is 0 Å². The quantitative estimate of drug-likeness (QED) is 0.325. The van der Waals surface area contributed by atoms with E-state index in [0.717, 1.165) is 27.3 Å². The summed E-state index contributed by atoms with van der Waals surface area (Å²) in [6.45, 7) is 2.20. The highest BCUT2D eigenvalue weighted by Crippen LogP contribution is 2.43. The molecule has 1 saturated carbocycles. The topological polar surface area (TPSA) is 84.2 Å². The molecule has 1 amide bonds. The van der Waals surface area contributed by atoms with Gasteiger partial charge in [-0.2, -0.15) is 22.6 Å². The summed E-state index contributed by atoms with van der Waals surface area (Å²) in [4.78, 5) is 34.1. The number of Topliss-reactive ketones (excluding diaryl/α,β-unsaturated/α-hetero) is 1. The van der Waals surface area contributed by atoms with Gasteiger partial charge in [-0.05, 0) is 48.7 Å². The Labute approximate surface area is 238 Å². The van der Waals surface area contributed by atoms with Crippen LogP contribution in [0.5, 0.6) is 0 Å². The van der Waals surface area contributed by atoms with Crippen molar-refractivity contribution in [3.63, 3.8) is 0 Å². The second-order valence-corrected chi connectivity index (χ2v) is 11.1. The first-order valence-electron chi connectivity index (χ1n) is 13.4. The van der Waals surface area contributed by atoms with Crippen molar-refractivity contribution in [3.05, 3.63) is 89.5 Å². The van der Waals surface area contributed by atoms with Crippen LogP contribution in [0.3, 0.4) is 0 Å². The normalized spacial score (nSPS) is 17.6. The number of ketones is 1. The second-order valence-electron chi connectivity index (χ2n) is 10.4. The minimum atomic E-state index is -4.51. The molecule has 1 saturated heterocycles. The molecule has 0 atom stereocenters. The number of amides is 1. The Morgan fingerprint density at radius 1 is 0.902 bits per heavy atom. The van der Waals surface area contributed by atoms with Crippen molar-refractivity contribution in [2.45, 2.75) is 37.3 Å². The average molecular weight is 581 g/mol. The number of carbonyl (C=O) groups is 2. The molecule has 2 aliphatic rings. The fourth-order valence-corrected chi connectivity index (χ4v) is 6.36. The Morgan fingerprint density at radius 2 is 1.59 bits per heavy atom. The fourth-order valence-electron chi connectivity index (χ4n) is 5.55. The van der Waals surface area contributed by atoms with Crippen LogP contribution < -0.4 is 4.90 Å². The highest BCUT2D eigenvalue weighted by molar-refractivity contribution is 7.09. The predicted molar refractivity (Wildman–Crippen MR) is 147 cm³/mol. The van der Waals surface area contributed by atoms with E-state index in [2.05, 4.69) is 22.1 Å². The highest BCUT2D eigenvalue weighted by atomic mass is 32.1. The first kappa shape index (κ1) is 27.1. The first-order valence-corrected chi connectivity index (χ1v) is 14.2. The molecule has 12 heteroatoms. The smallest absolute Gasteiger partial charge is 0.343 e. The molecule has 6 rings (SSSR count). The van der Waals surface area contributed by atoms with Crippen LogP contribution in [0.25, 0.3) is 5.69 Å². The van der Waals surface area contributed by atoms with Gasteiger partial charge >= 0.3 is 6.18 Å². The zero-order valence-corrected chi connectivity index (χ0v) is 22.9. The molecule has 1 aliphatic carbocycles. The molecule has 0 radical (unpaired) electrons. The molecule has 3 heterocycles. The van der Waals surface area contributed by atoms with Crippen LogP contribution in [0.1, 0.15) is 53.1 Å². The van der Waals surface area contributed by atoms with E-state index < -0.39 is 11.9 Å². The molecule has 0 N–H and O–H groups in total. The van der Waals surface area contributed by atoms with E-state index in [4.69, 9.17) is 9.36 Å². The molecule has 2 fully saturated rings. The van der Waals surface area contributed by atoms with Gasteiger partial charge in [0.1, 0.15) is 5.78 Å². The van der Waals surface area contributed by atoms with E-state index in [9.17, 15) is 22.8 Å². The molecule has 2 aromatic heterocycles. The lowest BCUT2D eigenvalue weighted by atomic mass is 9.68. The molecule has 1 aliphatic heterocycles. The monoisotopic (exact) mass is 580 g/mol. The SMILES string of the molecule is O=C1CCC(c2ccccc2)(c2nsc(N3CCN(C(=O)c4ccc(-n5ccc(C(F)(F)F)n5)cc4)CC3)n2)CC1. The number of nitrogens with zero attached hydrogens (tertiary/aromatic N) is 6. The molecule has 0 bridgehead atoms. The fraction of sp³-hybridized carbons (Fsp3) is 0.345. The second kappa shape index (κ2) is 10.7. The number of piperazine rings is 1.